The summed E-state index contributed by atoms with van der Waals surface area (Å²) in [6, 6.07) is 1.17. The lowest BCUT2D eigenvalue weighted by Crippen LogP contribution is -2.43. The van der Waals surface area contributed by atoms with Crippen LogP contribution in [0.3, 0.4) is 0 Å². The molecule has 0 bridgehead atoms. The van der Waals surface area contributed by atoms with Crippen LogP contribution >= 0.6 is 0 Å². The van der Waals surface area contributed by atoms with Gasteiger partial charge in [0.2, 0.25) is 0 Å². The summed E-state index contributed by atoms with van der Waals surface area (Å²) in [7, 11) is 0. The van der Waals surface area contributed by atoms with E-state index in [-0.39, 0.29) is 0 Å². The van der Waals surface area contributed by atoms with Gasteiger partial charge in [0.1, 0.15) is 0 Å². The molecule has 1 fully saturated rings. The van der Waals surface area contributed by atoms with Gasteiger partial charge in [0.15, 0.2) is 0 Å². The standard InChI is InChI=1S/C7H16N2/c1-6(8)2-3-7-4-5-9-7/h6-7,9H,2-5,8H2,1H3. The van der Waals surface area contributed by atoms with Crippen molar-refractivity contribution in [3.8, 4) is 0 Å². The summed E-state index contributed by atoms with van der Waals surface area (Å²) in [6.07, 6.45) is 3.78. The van der Waals surface area contributed by atoms with Crippen LogP contribution in [0.15, 0.2) is 0 Å². The minimum atomic E-state index is 0.382. The van der Waals surface area contributed by atoms with Gasteiger partial charge in [-0.15, -0.1) is 0 Å². The van der Waals surface area contributed by atoms with Gasteiger partial charge in [-0.1, -0.05) is 0 Å². The van der Waals surface area contributed by atoms with E-state index in [0.29, 0.717) is 6.04 Å². The fraction of sp³-hybridized carbons (Fsp3) is 1.00. The molecule has 9 heavy (non-hydrogen) atoms. The van der Waals surface area contributed by atoms with Crippen LogP contribution in [-0.2, 0) is 0 Å². The highest BCUT2D eigenvalue weighted by molar-refractivity contribution is 4.77. The molecule has 0 aliphatic carbocycles. The summed E-state index contributed by atoms with van der Waals surface area (Å²) < 4.78 is 0. The summed E-state index contributed by atoms with van der Waals surface area (Å²) in [5.41, 5.74) is 5.59. The third-order valence-electron chi connectivity index (χ3n) is 1.90. The van der Waals surface area contributed by atoms with Crippen LogP contribution < -0.4 is 11.1 Å². The van der Waals surface area contributed by atoms with E-state index < -0.39 is 0 Å². The molecule has 1 saturated heterocycles. The minimum Gasteiger partial charge on any atom is -0.328 e. The molecule has 0 aromatic heterocycles. The van der Waals surface area contributed by atoms with Crippen LogP contribution in [0.2, 0.25) is 0 Å². The molecule has 54 valence electrons. The quantitative estimate of drug-likeness (QED) is 0.580. The molecule has 1 aliphatic rings. The number of nitrogens with two attached hydrogens (primary N) is 1. The molecule has 0 aromatic rings. The largest absolute Gasteiger partial charge is 0.328 e. The van der Waals surface area contributed by atoms with Gasteiger partial charge in [-0.3, -0.25) is 0 Å². The lowest BCUT2D eigenvalue weighted by atomic mass is 10.00. The Hall–Kier alpha value is -0.0800. The summed E-state index contributed by atoms with van der Waals surface area (Å²) in [4.78, 5) is 0. The zero-order valence-corrected chi connectivity index (χ0v) is 6.06. The normalized spacial score (nSPS) is 29.3. The number of rotatable bonds is 3. The van der Waals surface area contributed by atoms with Gasteiger partial charge in [0.05, 0.1) is 0 Å². The van der Waals surface area contributed by atoms with E-state index in [9.17, 15) is 0 Å². The van der Waals surface area contributed by atoms with E-state index in [1.54, 1.807) is 0 Å². The lowest BCUT2D eigenvalue weighted by molar-refractivity contribution is 0.337. The molecule has 0 amide bonds. The van der Waals surface area contributed by atoms with E-state index in [1.165, 1.54) is 19.4 Å². The highest BCUT2D eigenvalue weighted by Gasteiger charge is 2.15. The Balaban J connectivity index is 1.91. The molecular formula is C7H16N2. The maximum atomic E-state index is 5.59. The Morgan fingerprint density at radius 3 is 2.78 bits per heavy atom. The van der Waals surface area contributed by atoms with Gasteiger partial charge in [0, 0.05) is 12.1 Å². The van der Waals surface area contributed by atoms with E-state index >= 15 is 0 Å². The predicted octanol–water partition coefficient (Wildman–Crippen LogP) is 0.476. The summed E-state index contributed by atoms with van der Waals surface area (Å²) in [5, 5.41) is 3.35. The van der Waals surface area contributed by atoms with E-state index in [0.717, 1.165) is 12.5 Å². The Bertz CT molecular complexity index is 77.0. The second-order valence-corrected chi connectivity index (χ2v) is 2.99. The predicted molar refractivity (Wildman–Crippen MR) is 39.3 cm³/mol. The van der Waals surface area contributed by atoms with Crippen LogP contribution in [0, 0.1) is 0 Å². The third kappa shape index (κ3) is 2.33. The van der Waals surface area contributed by atoms with Crippen molar-refractivity contribution in [1.29, 1.82) is 0 Å². The molecule has 1 rings (SSSR count). The Morgan fingerprint density at radius 1 is 1.78 bits per heavy atom. The van der Waals surface area contributed by atoms with Crippen molar-refractivity contribution in [1.82, 2.24) is 5.32 Å². The summed E-state index contributed by atoms with van der Waals surface area (Å²) in [5.74, 6) is 0. The second-order valence-electron chi connectivity index (χ2n) is 2.99. The van der Waals surface area contributed by atoms with Gasteiger partial charge >= 0.3 is 0 Å². The van der Waals surface area contributed by atoms with Crippen molar-refractivity contribution >= 4 is 0 Å². The third-order valence-corrected chi connectivity index (χ3v) is 1.90. The molecule has 2 unspecified atom stereocenters. The van der Waals surface area contributed by atoms with Gasteiger partial charge in [-0.2, -0.15) is 0 Å². The second kappa shape index (κ2) is 3.18. The molecule has 0 aromatic carbocycles. The Morgan fingerprint density at radius 2 is 2.44 bits per heavy atom. The summed E-state index contributed by atoms with van der Waals surface area (Å²) >= 11 is 0. The fourth-order valence-corrected chi connectivity index (χ4v) is 1.06. The van der Waals surface area contributed by atoms with Crippen molar-refractivity contribution in [2.75, 3.05) is 6.54 Å². The molecular weight excluding hydrogens is 112 g/mol. The van der Waals surface area contributed by atoms with Crippen LogP contribution in [0.1, 0.15) is 26.2 Å². The van der Waals surface area contributed by atoms with Gasteiger partial charge < -0.3 is 11.1 Å². The lowest BCUT2D eigenvalue weighted by Gasteiger charge is -2.27. The smallest absolute Gasteiger partial charge is 0.00797 e. The highest BCUT2D eigenvalue weighted by Crippen LogP contribution is 2.09. The van der Waals surface area contributed by atoms with E-state index in [1.807, 2.05) is 0 Å². The fourth-order valence-electron chi connectivity index (χ4n) is 1.06. The number of hydrogen-bond donors (Lipinski definition) is 2. The molecule has 2 nitrogen and oxygen atoms in total. The summed E-state index contributed by atoms with van der Waals surface area (Å²) in [6.45, 7) is 3.28. The molecule has 3 N–H and O–H groups in total. The number of nitrogens with one attached hydrogen (secondary N) is 1. The van der Waals surface area contributed by atoms with Gasteiger partial charge in [-0.05, 0) is 32.7 Å². The molecule has 1 aliphatic heterocycles. The first-order valence-corrected chi connectivity index (χ1v) is 3.78. The zero-order chi connectivity index (χ0) is 6.69. The topological polar surface area (TPSA) is 38.0 Å². The first-order valence-electron chi connectivity index (χ1n) is 3.78. The average Bonchev–Trinajstić information content (AvgIpc) is 1.60. The van der Waals surface area contributed by atoms with Crippen LogP contribution in [-0.4, -0.2) is 18.6 Å². The SMILES string of the molecule is CC(N)CCC1CCN1. The maximum absolute atomic E-state index is 5.59. The van der Waals surface area contributed by atoms with Crippen LogP contribution in [0.5, 0.6) is 0 Å². The molecule has 2 heteroatoms. The van der Waals surface area contributed by atoms with Crippen molar-refractivity contribution in [3.63, 3.8) is 0 Å². The maximum Gasteiger partial charge on any atom is 0.00797 e. The highest BCUT2D eigenvalue weighted by atomic mass is 15.0. The minimum absolute atomic E-state index is 0.382. The average molecular weight is 128 g/mol. The molecule has 2 atom stereocenters. The van der Waals surface area contributed by atoms with Gasteiger partial charge in [0.25, 0.3) is 0 Å². The van der Waals surface area contributed by atoms with Crippen molar-refractivity contribution in [2.45, 2.75) is 38.3 Å². The Kier molecular flexibility index (Phi) is 2.49. The van der Waals surface area contributed by atoms with E-state index in [2.05, 4.69) is 12.2 Å². The number of hydrogen-bond acceptors (Lipinski definition) is 2. The molecule has 1 heterocycles. The molecule has 0 saturated carbocycles. The zero-order valence-electron chi connectivity index (χ0n) is 6.06. The van der Waals surface area contributed by atoms with Crippen molar-refractivity contribution in [3.05, 3.63) is 0 Å². The molecule has 0 spiro atoms. The van der Waals surface area contributed by atoms with E-state index in [4.69, 9.17) is 5.73 Å². The van der Waals surface area contributed by atoms with Gasteiger partial charge in [-0.25, -0.2) is 0 Å². The van der Waals surface area contributed by atoms with Crippen molar-refractivity contribution < 1.29 is 0 Å². The molecule has 0 radical (unpaired) electrons. The first kappa shape index (κ1) is 7.03. The first-order chi connectivity index (χ1) is 4.29. The monoisotopic (exact) mass is 128 g/mol. The Labute approximate surface area is 56.8 Å². The van der Waals surface area contributed by atoms with Crippen molar-refractivity contribution in [2.24, 2.45) is 5.73 Å². The van der Waals surface area contributed by atoms with Crippen LogP contribution in [0.25, 0.3) is 0 Å². The van der Waals surface area contributed by atoms with Crippen LogP contribution in [0.4, 0.5) is 0 Å².